The van der Waals surface area contributed by atoms with E-state index in [2.05, 4.69) is 34.9 Å². The summed E-state index contributed by atoms with van der Waals surface area (Å²) in [6.07, 6.45) is 1.91. The van der Waals surface area contributed by atoms with Crippen LogP contribution < -0.4 is 10.6 Å². The maximum Gasteiger partial charge on any atom is 0.219 e. The number of likely N-dealkylation sites (tertiary alicyclic amines) is 1. The lowest BCUT2D eigenvalue weighted by Crippen LogP contribution is -2.62. The lowest BCUT2D eigenvalue weighted by Gasteiger charge is -2.47. The van der Waals surface area contributed by atoms with Crippen molar-refractivity contribution in [3.8, 4) is 0 Å². The van der Waals surface area contributed by atoms with Gasteiger partial charge < -0.3 is 15.5 Å². The Hall–Kier alpha value is -2.82. The first-order valence-corrected chi connectivity index (χ1v) is 9.15. The topological polar surface area (TPSA) is 56.7 Å². The van der Waals surface area contributed by atoms with Crippen molar-refractivity contribution in [2.75, 3.05) is 23.7 Å². The number of aliphatic imine (C=N–C) groups is 1. The zero-order valence-corrected chi connectivity index (χ0v) is 15.0. The molecule has 5 heteroatoms. The van der Waals surface area contributed by atoms with Gasteiger partial charge in [-0.25, -0.2) is 0 Å². The summed E-state index contributed by atoms with van der Waals surface area (Å²) in [5, 5.41) is 7.23. The van der Waals surface area contributed by atoms with E-state index in [1.807, 2.05) is 35.2 Å². The molecule has 1 fully saturated rings. The lowest BCUT2D eigenvalue weighted by atomic mass is 9.85. The summed E-state index contributed by atoms with van der Waals surface area (Å²) >= 11 is 0. The molecule has 0 aliphatic carbocycles. The lowest BCUT2D eigenvalue weighted by molar-refractivity contribution is -0.130. The highest BCUT2D eigenvalue weighted by Crippen LogP contribution is 2.36. The van der Waals surface area contributed by atoms with E-state index in [4.69, 9.17) is 4.99 Å². The monoisotopic (exact) mass is 348 g/mol. The molecule has 0 radical (unpaired) electrons. The van der Waals surface area contributed by atoms with Crippen LogP contribution in [0.2, 0.25) is 0 Å². The van der Waals surface area contributed by atoms with E-state index < -0.39 is 0 Å². The Labute approximate surface area is 154 Å². The Balaban J connectivity index is 1.69. The summed E-state index contributed by atoms with van der Waals surface area (Å²) in [6.45, 7) is 3.71. The van der Waals surface area contributed by atoms with Gasteiger partial charge in [0.25, 0.3) is 0 Å². The van der Waals surface area contributed by atoms with Gasteiger partial charge in [0, 0.05) is 13.5 Å². The molecular weight excluding hydrogens is 324 g/mol. The molecule has 1 amide bonds. The number of piperidine rings is 1. The van der Waals surface area contributed by atoms with Gasteiger partial charge >= 0.3 is 0 Å². The molecule has 0 aromatic heterocycles. The molecule has 2 heterocycles. The van der Waals surface area contributed by atoms with Gasteiger partial charge in [0.2, 0.25) is 5.91 Å². The van der Waals surface area contributed by atoms with Crippen molar-refractivity contribution in [3.05, 3.63) is 60.2 Å². The van der Waals surface area contributed by atoms with Crippen molar-refractivity contribution in [2.24, 2.45) is 4.99 Å². The van der Waals surface area contributed by atoms with E-state index in [0.29, 0.717) is 13.1 Å². The summed E-state index contributed by atoms with van der Waals surface area (Å²) < 4.78 is 0. The zero-order chi connectivity index (χ0) is 18.0. The molecule has 1 saturated heterocycles. The summed E-state index contributed by atoms with van der Waals surface area (Å²) in [5.41, 5.74) is 2.92. The van der Waals surface area contributed by atoms with E-state index in [9.17, 15) is 4.79 Å². The second-order valence-corrected chi connectivity index (χ2v) is 7.07. The fourth-order valence-electron chi connectivity index (χ4n) is 3.83. The Bertz CT molecular complexity index is 833. The van der Waals surface area contributed by atoms with Gasteiger partial charge in [-0.2, -0.15) is 0 Å². The second-order valence-electron chi connectivity index (χ2n) is 7.07. The van der Waals surface area contributed by atoms with Crippen LogP contribution in [0, 0.1) is 0 Å². The third-order valence-corrected chi connectivity index (χ3v) is 5.21. The van der Waals surface area contributed by atoms with Gasteiger partial charge in [0.1, 0.15) is 11.4 Å². The summed E-state index contributed by atoms with van der Waals surface area (Å²) in [7, 11) is 0. The predicted octanol–water partition coefficient (Wildman–Crippen LogP) is 3.50. The summed E-state index contributed by atoms with van der Waals surface area (Å²) in [5.74, 6) is 1.04. The Morgan fingerprint density at radius 3 is 2.62 bits per heavy atom. The highest BCUT2D eigenvalue weighted by atomic mass is 16.2. The minimum Gasteiger partial charge on any atom is -0.370 e. The van der Waals surface area contributed by atoms with Gasteiger partial charge in [-0.1, -0.05) is 42.5 Å². The smallest absolute Gasteiger partial charge is 0.219 e. The first-order valence-electron chi connectivity index (χ1n) is 9.15. The van der Waals surface area contributed by atoms with E-state index in [1.54, 1.807) is 6.92 Å². The standard InChI is InChI=1S/C21H24N4O/c1-16(26)25-13-7-12-21(15-25)20(22-14-17-8-3-2-4-9-17)23-18-10-5-6-11-19(18)24-21/h2-6,8-11,24H,7,12-15H2,1H3,(H,22,23)/t21-/m0/s1. The number of anilines is 2. The highest BCUT2D eigenvalue weighted by molar-refractivity contribution is 6.10. The van der Waals surface area contributed by atoms with Crippen molar-refractivity contribution in [2.45, 2.75) is 31.8 Å². The van der Waals surface area contributed by atoms with Crippen molar-refractivity contribution >= 4 is 23.1 Å². The maximum atomic E-state index is 12.0. The van der Waals surface area contributed by atoms with Crippen LogP contribution in [-0.4, -0.2) is 35.3 Å². The van der Waals surface area contributed by atoms with E-state index >= 15 is 0 Å². The van der Waals surface area contributed by atoms with Gasteiger partial charge in [-0.05, 0) is 30.5 Å². The number of fused-ring (bicyclic) bond motifs is 1. The number of benzene rings is 2. The molecule has 2 aromatic carbocycles. The van der Waals surface area contributed by atoms with Crippen LogP contribution in [-0.2, 0) is 11.3 Å². The Morgan fingerprint density at radius 1 is 1.12 bits per heavy atom. The van der Waals surface area contributed by atoms with Crippen LogP contribution in [0.1, 0.15) is 25.3 Å². The molecule has 1 atom stereocenters. The fourth-order valence-corrected chi connectivity index (χ4v) is 3.83. The van der Waals surface area contributed by atoms with Crippen LogP contribution in [0.25, 0.3) is 0 Å². The van der Waals surface area contributed by atoms with Crippen LogP contribution in [0.5, 0.6) is 0 Å². The molecule has 2 aliphatic heterocycles. The van der Waals surface area contributed by atoms with Crippen LogP contribution in [0.15, 0.2) is 59.6 Å². The number of para-hydroxylation sites is 2. The number of hydrogen-bond donors (Lipinski definition) is 2. The van der Waals surface area contributed by atoms with Crippen LogP contribution in [0.4, 0.5) is 11.4 Å². The third kappa shape index (κ3) is 3.17. The Morgan fingerprint density at radius 2 is 1.85 bits per heavy atom. The average molecular weight is 348 g/mol. The summed E-state index contributed by atoms with van der Waals surface area (Å²) in [6, 6.07) is 18.4. The molecule has 0 saturated carbocycles. The van der Waals surface area contributed by atoms with Gasteiger partial charge in [0.05, 0.1) is 24.5 Å². The van der Waals surface area contributed by atoms with Gasteiger partial charge in [0.15, 0.2) is 0 Å². The molecule has 2 aliphatic rings. The van der Waals surface area contributed by atoms with Crippen molar-refractivity contribution in [3.63, 3.8) is 0 Å². The van der Waals surface area contributed by atoms with Crippen LogP contribution in [0.3, 0.4) is 0 Å². The number of amidine groups is 1. The number of hydrogen-bond acceptors (Lipinski definition) is 3. The van der Waals surface area contributed by atoms with E-state index in [0.717, 1.165) is 36.6 Å². The molecule has 4 rings (SSSR count). The molecule has 2 aromatic rings. The highest BCUT2D eigenvalue weighted by Gasteiger charge is 2.43. The predicted molar refractivity (Wildman–Crippen MR) is 105 cm³/mol. The number of carbonyl (C=O) groups is 1. The van der Waals surface area contributed by atoms with E-state index in [1.165, 1.54) is 5.56 Å². The number of amides is 1. The van der Waals surface area contributed by atoms with Crippen LogP contribution >= 0.6 is 0 Å². The van der Waals surface area contributed by atoms with Gasteiger partial charge in [-0.3, -0.25) is 9.79 Å². The largest absolute Gasteiger partial charge is 0.370 e. The SMILES string of the molecule is CC(=O)N1CCC[C@@]2(C1)Nc1ccccc1NC2=NCc1ccccc1. The van der Waals surface area contributed by atoms with Crippen molar-refractivity contribution in [1.82, 2.24) is 4.90 Å². The molecule has 26 heavy (non-hydrogen) atoms. The molecule has 1 spiro atoms. The number of nitrogens with zero attached hydrogens (tertiary/aromatic N) is 2. The third-order valence-electron chi connectivity index (χ3n) is 5.21. The Kier molecular flexibility index (Phi) is 4.37. The quantitative estimate of drug-likeness (QED) is 0.873. The first kappa shape index (κ1) is 16.6. The minimum atomic E-state index is -0.354. The van der Waals surface area contributed by atoms with Crippen molar-refractivity contribution < 1.29 is 4.79 Å². The minimum absolute atomic E-state index is 0.118. The second kappa shape index (κ2) is 6.83. The molecule has 2 N–H and O–H groups in total. The molecule has 5 nitrogen and oxygen atoms in total. The molecule has 0 unspecified atom stereocenters. The average Bonchev–Trinajstić information content (AvgIpc) is 2.67. The first-order chi connectivity index (χ1) is 12.7. The molecule has 0 bridgehead atoms. The normalized spacial score (nSPS) is 23.3. The number of nitrogens with one attached hydrogen (secondary N) is 2. The maximum absolute atomic E-state index is 12.0. The number of carbonyl (C=O) groups excluding carboxylic acids is 1. The molecule has 134 valence electrons. The summed E-state index contributed by atoms with van der Waals surface area (Å²) in [4.78, 5) is 18.8. The molecular formula is C21H24N4O. The van der Waals surface area contributed by atoms with Gasteiger partial charge in [-0.15, -0.1) is 0 Å². The zero-order valence-electron chi connectivity index (χ0n) is 15.0. The fraction of sp³-hybridized carbons (Fsp3) is 0.333. The van der Waals surface area contributed by atoms with Crippen molar-refractivity contribution in [1.29, 1.82) is 0 Å². The number of rotatable bonds is 2. The van der Waals surface area contributed by atoms with E-state index in [-0.39, 0.29) is 11.4 Å².